The Morgan fingerprint density at radius 3 is 2.25 bits per heavy atom. The first kappa shape index (κ1) is 23.3. The summed E-state index contributed by atoms with van der Waals surface area (Å²) in [5.41, 5.74) is -1.45. The summed E-state index contributed by atoms with van der Waals surface area (Å²) in [4.78, 5) is 12.5. The maximum Gasteiger partial charge on any atom is 0.416 e. The van der Waals surface area contributed by atoms with Crippen molar-refractivity contribution in [2.24, 2.45) is 0 Å². The molecule has 0 saturated carbocycles. The van der Waals surface area contributed by atoms with Gasteiger partial charge in [-0.3, -0.25) is 4.79 Å². The van der Waals surface area contributed by atoms with Gasteiger partial charge in [-0.15, -0.1) is 0 Å². The van der Waals surface area contributed by atoms with Crippen molar-refractivity contribution in [2.45, 2.75) is 25.4 Å². The van der Waals surface area contributed by atoms with Gasteiger partial charge in [0.05, 0.1) is 40.4 Å². The molecule has 0 saturated heterocycles. The molecule has 170 valence electrons. The summed E-state index contributed by atoms with van der Waals surface area (Å²) >= 11 is 0. The molecule has 1 atom stereocenters. The number of rotatable bonds is 5. The van der Waals surface area contributed by atoms with Crippen molar-refractivity contribution in [3.63, 3.8) is 0 Å². The second kappa shape index (κ2) is 8.65. The fourth-order valence-corrected chi connectivity index (χ4v) is 3.03. The molecule has 0 fully saturated rings. The summed E-state index contributed by atoms with van der Waals surface area (Å²) in [5.74, 6) is -0.688. The molecule has 3 rings (SSSR count). The Balaban J connectivity index is 1.73. The summed E-state index contributed by atoms with van der Waals surface area (Å²) in [7, 11) is 0. The van der Waals surface area contributed by atoms with Crippen molar-refractivity contribution >= 4 is 5.91 Å². The lowest BCUT2D eigenvalue weighted by Gasteiger charge is -2.14. The lowest BCUT2D eigenvalue weighted by Crippen LogP contribution is -2.28. The van der Waals surface area contributed by atoms with Crippen LogP contribution in [0.15, 0.2) is 54.7 Å². The number of carbonyl (C=O) groups excluding carboxylic acids is 1. The van der Waals surface area contributed by atoms with Gasteiger partial charge in [-0.25, -0.2) is 4.68 Å². The first-order valence-electron chi connectivity index (χ1n) is 9.23. The Labute approximate surface area is 178 Å². The largest absolute Gasteiger partial charge is 0.416 e. The fraction of sp³-hybridized carbons (Fsp3) is 0.238. The Bertz CT molecular complexity index is 1120. The number of aromatic nitrogens is 2. The van der Waals surface area contributed by atoms with Crippen LogP contribution in [-0.4, -0.2) is 27.3 Å². The van der Waals surface area contributed by atoms with E-state index in [-0.39, 0.29) is 29.1 Å². The van der Waals surface area contributed by atoms with Crippen LogP contribution in [0.25, 0.3) is 5.69 Å². The lowest BCUT2D eigenvalue weighted by molar-refractivity contribution is -0.138. The third-order valence-corrected chi connectivity index (χ3v) is 4.73. The van der Waals surface area contributed by atoms with Crippen LogP contribution >= 0.6 is 0 Å². The Morgan fingerprint density at radius 1 is 1.03 bits per heavy atom. The van der Waals surface area contributed by atoms with E-state index in [2.05, 4.69) is 10.4 Å². The minimum absolute atomic E-state index is 0.0310. The molecule has 11 heteroatoms. The highest BCUT2D eigenvalue weighted by atomic mass is 19.4. The predicted octanol–water partition coefficient (Wildman–Crippen LogP) is 4.68. The van der Waals surface area contributed by atoms with Gasteiger partial charge >= 0.3 is 12.4 Å². The molecule has 1 unspecified atom stereocenters. The van der Waals surface area contributed by atoms with Gasteiger partial charge in [-0.1, -0.05) is 18.2 Å². The molecular weight excluding hydrogens is 440 g/mol. The number of alkyl halides is 6. The van der Waals surface area contributed by atoms with Crippen LogP contribution in [0.1, 0.15) is 38.8 Å². The Kier molecular flexibility index (Phi) is 6.31. The smallest absolute Gasteiger partial charge is 0.387 e. The zero-order valence-corrected chi connectivity index (χ0v) is 16.5. The molecule has 3 aromatic rings. The van der Waals surface area contributed by atoms with Gasteiger partial charge in [-0.05, 0) is 42.8 Å². The van der Waals surface area contributed by atoms with Crippen molar-refractivity contribution in [3.8, 4) is 5.69 Å². The molecular formula is C21H17F6N3O2. The third-order valence-electron chi connectivity index (χ3n) is 4.73. The van der Waals surface area contributed by atoms with E-state index >= 15 is 0 Å². The van der Waals surface area contributed by atoms with Crippen LogP contribution < -0.4 is 5.32 Å². The lowest BCUT2D eigenvalue weighted by atomic mass is 10.1. The zero-order valence-electron chi connectivity index (χ0n) is 16.5. The fourth-order valence-electron chi connectivity index (χ4n) is 3.03. The number of amides is 1. The summed E-state index contributed by atoms with van der Waals surface area (Å²) in [6, 6.07) is 8.49. The van der Waals surface area contributed by atoms with Gasteiger partial charge in [0, 0.05) is 6.54 Å². The minimum Gasteiger partial charge on any atom is -0.387 e. The van der Waals surface area contributed by atoms with Crippen molar-refractivity contribution in [3.05, 3.63) is 82.7 Å². The van der Waals surface area contributed by atoms with Crippen LogP contribution in [-0.2, 0) is 12.4 Å². The maximum absolute atomic E-state index is 12.9. The van der Waals surface area contributed by atoms with E-state index in [1.807, 2.05) is 0 Å². The summed E-state index contributed by atoms with van der Waals surface area (Å²) in [6.45, 7) is 1.10. The van der Waals surface area contributed by atoms with Crippen molar-refractivity contribution in [1.29, 1.82) is 0 Å². The highest BCUT2D eigenvalue weighted by Gasteiger charge is 2.32. The number of hydrogen-bond acceptors (Lipinski definition) is 3. The maximum atomic E-state index is 12.9. The van der Waals surface area contributed by atoms with Gasteiger partial charge < -0.3 is 10.4 Å². The molecule has 0 bridgehead atoms. The van der Waals surface area contributed by atoms with E-state index in [0.717, 1.165) is 41.2 Å². The molecule has 32 heavy (non-hydrogen) atoms. The van der Waals surface area contributed by atoms with Crippen molar-refractivity contribution in [2.75, 3.05) is 6.54 Å². The number of carbonyl (C=O) groups is 1. The molecule has 1 heterocycles. The molecule has 0 spiro atoms. The molecule has 5 nitrogen and oxygen atoms in total. The molecule has 0 aliphatic carbocycles. The molecule has 2 aromatic carbocycles. The van der Waals surface area contributed by atoms with Crippen LogP contribution in [0, 0.1) is 6.92 Å². The van der Waals surface area contributed by atoms with E-state index < -0.39 is 35.5 Å². The SMILES string of the molecule is Cc1c(C(=O)NCC(O)c2cccc(C(F)(F)F)c2)cnn1-c1cccc(C(F)(F)F)c1. The van der Waals surface area contributed by atoms with Gasteiger partial charge in [0.1, 0.15) is 0 Å². The van der Waals surface area contributed by atoms with E-state index in [1.54, 1.807) is 0 Å². The van der Waals surface area contributed by atoms with Gasteiger partial charge in [0.2, 0.25) is 0 Å². The molecule has 0 aliphatic rings. The topological polar surface area (TPSA) is 67.2 Å². The average molecular weight is 457 g/mol. The number of aliphatic hydroxyl groups excluding tert-OH is 1. The van der Waals surface area contributed by atoms with Crippen LogP contribution in [0.5, 0.6) is 0 Å². The predicted molar refractivity (Wildman–Crippen MR) is 102 cm³/mol. The summed E-state index contributed by atoms with van der Waals surface area (Å²) < 4.78 is 78.5. The van der Waals surface area contributed by atoms with E-state index in [9.17, 15) is 36.2 Å². The van der Waals surface area contributed by atoms with E-state index in [4.69, 9.17) is 0 Å². The number of benzene rings is 2. The molecule has 0 aliphatic heterocycles. The second-order valence-electron chi connectivity index (χ2n) is 6.95. The van der Waals surface area contributed by atoms with Gasteiger partial charge in [-0.2, -0.15) is 31.4 Å². The highest BCUT2D eigenvalue weighted by Crippen LogP contribution is 2.31. The third kappa shape index (κ3) is 5.10. The van der Waals surface area contributed by atoms with E-state index in [0.29, 0.717) is 0 Å². The van der Waals surface area contributed by atoms with Gasteiger partial charge in [0.25, 0.3) is 5.91 Å². The summed E-state index contributed by atoms with van der Waals surface area (Å²) in [5, 5.41) is 16.5. The zero-order chi connectivity index (χ0) is 23.7. The first-order chi connectivity index (χ1) is 14.9. The van der Waals surface area contributed by atoms with Crippen LogP contribution in [0.3, 0.4) is 0 Å². The quantitative estimate of drug-likeness (QED) is 0.547. The monoisotopic (exact) mass is 457 g/mol. The van der Waals surface area contributed by atoms with Gasteiger partial charge in [0.15, 0.2) is 0 Å². The number of nitrogens with zero attached hydrogens (tertiary/aromatic N) is 2. The number of aliphatic hydroxyl groups is 1. The Hall–Kier alpha value is -3.34. The summed E-state index contributed by atoms with van der Waals surface area (Å²) in [6.07, 6.45) is -9.37. The Morgan fingerprint density at radius 2 is 1.62 bits per heavy atom. The van der Waals surface area contributed by atoms with E-state index in [1.165, 1.54) is 25.1 Å². The van der Waals surface area contributed by atoms with Crippen LogP contribution in [0.4, 0.5) is 26.3 Å². The number of nitrogens with one attached hydrogen (secondary N) is 1. The number of halogens is 6. The molecule has 1 aromatic heterocycles. The van der Waals surface area contributed by atoms with Crippen molar-refractivity contribution < 1.29 is 36.2 Å². The average Bonchev–Trinajstić information content (AvgIpc) is 3.12. The van der Waals surface area contributed by atoms with Crippen molar-refractivity contribution in [1.82, 2.24) is 15.1 Å². The number of hydrogen-bond donors (Lipinski definition) is 2. The standard InChI is InChI=1S/C21H17F6N3O2/c1-12-17(10-29-30(12)16-7-3-6-15(9-16)21(25,26)27)19(32)28-11-18(31)13-4-2-5-14(8-13)20(22,23)24/h2-10,18,31H,11H2,1H3,(H,28,32). The minimum atomic E-state index is -4.58. The molecule has 1 amide bonds. The molecule has 2 N–H and O–H groups in total. The second-order valence-corrected chi connectivity index (χ2v) is 6.95. The van der Waals surface area contributed by atoms with Crippen LogP contribution in [0.2, 0.25) is 0 Å². The first-order valence-corrected chi connectivity index (χ1v) is 9.23. The highest BCUT2D eigenvalue weighted by molar-refractivity contribution is 5.95. The molecule has 0 radical (unpaired) electrons. The normalized spacial score (nSPS) is 13.1.